The number of nitrogens with zero attached hydrogens (tertiary/aromatic N) is 1. The first-order valence-electron chi connectivity index (χ1n) is 5.25. The number of fused-ring (bicyclic) bond motifs is 1. The monoisotopic (exact) mass is 322 g/mol. The van der Waals surface area contributed by atoms with Gasteiger partial charge in [0.1, 0.15) is 10.8 Å². The minimum atomic E-state index is -0.269. The van der Waals surface area contributed by atoms with Crippen LogP contribution < -0.4 is 5.73 Å². The van der Waals surface area contributed by atoms with Crippen LogP contribution in [0.4, 0.5) is 10.1 Å². The van der Waals surface area contributed by atoms with Crippen molar-refractivity contribution >= 4 is 43.2 Å². The van der Waals surface area contributed by atoms with Gasteiger partial charge in [0, 0.05) is 21.8 Å². The van der Waals surface area contributed by atoms with E-state index < -0.39 is 0 Å². The lowest BCUT2D eigenvalue weighted by Crippen LogP contribution is -1.87. The van der Waals surface area contributed by atoms with Crippen LogP contribution in [0.3, 0.4) is 0 Å². The lowest BCUT2D eigenvalue weighted by molar-refractivity contribution is 0.629. The topological polar surface area (TPSA) is 38.9 Å². The number of hydrogen-bond donors (Lipinski definition) is 1. The summed E-state index contributed by atoms with van der Waals surface area (Å²) in [5.41, 5.74) is 8.13. The van der Waals surface area contributed by atoms with E-state index in [-0.39, 0.29) is 5.82 Å². The molecule has 3 aromatic rings. The van der Waals surface area contributed by atoms with Crippen LogP contribution in [0.2, 0.25) is 0 Å². The molecule has 0 radical (unpaired) electrons. The molecule has 2 nitrogen and oxygen atoms in total. The average molecular weight is 323 g/mol. The van der Waals surface area contributed by atoms with Gasteiger partial charge in [-0.2, -0.15) is 0 Å². The van der Waals surface area contributed by atoms with Crippen molar-refractivity contribution < 1.29 is 4.39 Å². The van der Waals surface area contributed by atoms with Gasteiger partial charge < -0.3 is 5.73 Å². The summed E-state index contributed by atoms with van der Waals surface area (Å²) in [7, 11) is 0. The third-order valence-corrected chi connectivity index (χ3v) is 4.40. The summed E-state index contributed by atoms with van der Waals surface area (Å²) in [6.07, 6.45) is 0. The van der Waals surface area contributed by atoms with Crippen molar-refractivity contribution in [2.75, 3.05) is 5.73 Å². The van der Waals surface area contributed by atoms with Crippen LogP contribution >= 0.6 is 27.3 Å². The first-order valence-corrected chi connectivity index (χ1v) is 6.86. The number of benzene rings is 2. The second kappa shape index (κ2) is 4.33. The fourth-order valence-electron chi connectivity index (χ4n) is 1.70. The minimum absolute atomic E-state index is 0.269. The minimum Gasteiger partial charge on any atom is -0.398 e. The molecule has 2 aromatic carbocycles. The molecule has 0 atom stereocenters. The van der Waals surface area contributed by atoms with Crippen molar-refractivity contribution in [3.05, 3.63) is 46.7 Å². The van der Waals surface area contributed by atoms with Gasteiger partial charge in [0.2, 0.25) is 0 Å². The molecule has 0 fully saturated rings. The second-order valence-corrected chi connectivity index (χ2v) is 5.75. The Kier molecular flexibility index (Phi) is 2.80. The molecule has 0 saturated carbocycles. The Hall–Kier alpha value is -1.46. The molecule has 0 saturated heterocycles. The first kappa shape index (κ1) is 11.6. The average Bonchev–Trinajstić information content (AvgIpc) is 2.75. The highest BCUT2D eigenvalue weighted by Crippen LogP contribution is 2.33. The van der Waals surface area contributed by atoms with Crippen LogP contribution in [0.15, 0.2) is 40.9 Å². The smallest absolute Gasteiger partial charge is 0.125 e. The largest absolute Gasteiger partial charge is 0.398 e. The maximum Gasteiger partial charge on any atom is 0.125 e. The molecule has 1 aromatic heterocycles. The molecule has 3 rings (SSSR count). The van der Waals surface area contributed by atoms with Crippen LogP contribution in [0.25, 0.3) is 20.8 Å². The second-order valence-electron chi connectivity index (χ2n) is 3.87. The van der Waals surface area contributed by atoms with Crippen molar-refractivity contribution in [2.45, 2.75) is 0 Å². The van der Waals surface area contributed by atoms with Crippen molar-refractivity contribution in [3.63, 3.8) is 0 Å². The number of rotatable bonds is 1. The summed E-state index contributed by atoms with van der Waals surface area (Å²) in [5, 5.41) is 0.842. The number of aromatic nitrogens is 1. The Labute approximate surface area is 115 Å². The quantitative estimate of drug-likeness (QED) is 0.672. The van der Waals surface area contributed by atoms with Gasteiger partial charge in [0.05, 0.1) is 10.2 Å². The highest BCUT2D eigenvalue weighted by atomic mass is 79.9. The molecular weight excluding hydrogens is 315 g/mol. The summed E-state index contributed by atoms with van der Waals surface area (Å²) in [6, 6.07) is 10.3. The van der Waals surface area contributed by atoms with Crippen molar-refractivity contribution in [3.8, 4) is 10.6 Å². The van der Waals surface area contributed by atoms with Crippen LogP contribution in [-0.2, 0) is 0 Å². The Bertz CT molecular complexity index is 739. The molecule has 0 unspecified atom stereocenters. The van der Waals surface area contributed by atoms with Gasteiger partial charge in [-0.05, 0) is 40.2 Å². The summed E-state index contributed by atoms with van der Waals surface area (Å²) in [5.74, 6) is -0.269. The molecule has 2 N–H and O–H groups in total. The first-order chi connectivity index (χ1) is 8.63. The standard InChI is InChI=1S/C13H8BrFN2S/c14-9-3-1-7(5-10(9)16)13-17-11-6-8(15)2-4-12(11)18-13/h1-6H,16H2. The van der Waals surface area contributed by atoms with E-state index in [2.05, 4.69) is 20.9 Å². The number of halogens is 2. The number of anilines is 1. The third kappa shape index (κ3) is 2.00. The van der Waals surface area contributed by atoms with Crippen LogP contribution in [0.1, 0.15) is 0 Å². The molecule has 5 heteroatoms. The zero-order valence-corrected chi connectivity index (χ0v) is 11.6. The number of nitrogens with two attached hydrogens (primary N) is 1. The molecule has 90 valence electrons. The normalized spacial score (nSPS) is 11.0. The SMILES string of the molecule is Nc1cc(-c2nc3cc(F)ccc3s2)ccc1Br. The molecule has 0 aliphatic carbocycles. The van der Waals surface area contributed by atoms with Gasteiger partial charge >= 0.3 is 0 Å². The van der Waals surface area contributed by atoms with Gasteiger partial charge in [0.15, 0.2) is 0 Å². The van der Waals surface area contributed by atoms with Gasteiger partial charge in [-0.1, -0.05) is 6.07 Å². The summed E-state index contributed by atoms with van der Waals surface area (Å²) >= 11 is 4.88. The van der Waals surface area contributed by atoms with E-state index in [0.717, 1.165) is 19.7 Å². The molecule has 0 bridgehead atoms. The van der Waals surface area contributed by atoms with E-state index in [1.54, 1.807) is 6.07 Å². The Morgan fingerprint density at radius 2 is 2.00 bits per heavy atom. The van der Waals surface area contributed by atoms with E-state index in [4.69, 9.17) is 5.73 Å². The van der Waals surface area contributed by atoms with Crippen LogP contribution in [0, 0.1) is 5.82 Å². The predicted molar refractivity (Wildman–Crippen MR) is 77.1 cm³/mol. The number of nitrogen functional groups attached to an aromatic ring is 1. The number of hydrogen-bond acceptors (Lipinski definition) is 3. The summed E-state index contributed by atoms with van der Waals surface area (Å²) < 4.78 is 14.9. The third-order valence-electron chi connectivity index (χ3n) is 2.59. The maximum absolute atomic E-state index is 13.1. The Balaban J connectivity index is 2.16. The molecule has 0 amide bonds. The van der Waals surface area contributed by atoms with E-state index in [1.807, 2.05) is 18.2 Å². The fourth-order valence-corrected chi connectivity index (χ4v) is 2.89. The molecule has 18 heavy (non-hydrogen) atoms. The molecule has 0 spiro atoms. The molecule has 1 heterocycles. The molecule has 0 aliphatic heterocycles. The van der Waals surface area contributed by atoms with Gasteiger partial charge in [0.25, 0.3) is 0 Å². The van der Waals surface area contributed by atoms with Crippen molar-refractivity contribution in [2.24, 2.45) is 0 Å². The summed E-state index contributed by atoms with van der Waals surface area (Å²) in [6.45, 7) is 0. The number of thiazole rings is 1. The maximum atomic E-state index is 13.1. The van der Waals surface area contributed by atoms with E-state index >= 15 is 0 Å². The van der Waals surface area contributed by atoms with E-state index in [0.29, 0.717) is 11.2 Å². The highest BCUT2D eigenvalue weighted by molar-refractivity contribution is 9.10. The predicted octanol–water partition coefficient (Wildman–Crippen LogP) is 4.45. The van der Waals surface area contributed by atoms with Crippen LogP contribution in [0.5, 0.6) is 0 Å². The lowest BCUT2D eigenvalue weighted by atomic mass is 10.2. The van der Waals surface area contributed by atoms with Crippen molar-refractivity contribution in [1.82, 2.24) is 4.98 Å². The highest BCUT2D eigenvalue weighted by Gasteiger charge is 2.08. The van der Waals surface area contributed by atoms with Gasteiger partial charge in [-0.25, -0.2) is 9.37 Å². The Morgan fingerprint density at radius 1 is 1.17 bits per heavy atom. The fraction of sp³-hybridized carbons (Fsp3) is 0. The van der Waals surface area contributed by atoms with E-state index in [1.165, 1.54) is 23.5 Å². The molecular formula is C13H8BrFN2S. The summed E-state index contributed by atoms with van der Waals surface area (Å²) in [4.78, 5) is 4.42. The zero-order chi connectivity index (χ0) is 12.7. The lowest BCUT2D eigenvalue weighted by Gasteiger charge is -2.00. The Morgan fingerprint density at radius 3 is 2.78 bits per heavy atom. The van der Waals surface area contributed by atoms with Crippen molar-refractivity contribution in [1.29, 1.82) is 0 Å². The van der Waals surface area contributed by atoms with E-state index in [9.17, 15) is 4.39 Å². The van der Waals surface area contributed by atoms with Gasteiger partial charge in [-0.3, -0.25) is 0 Å². The van der Waals surface area contributed by atoms with Gasteiger partial charge in [-0.15, -0.1) is 11.3 Å². The molecule has 0 aliphatic rings. The zero-order valence-electron chi connectivity index (χ0n) is 9.15. The van der Waals surface area contributed by atoms with Crippen LogP contribution in [-0.4, -0.2) is 4.98 Å².